The van der Waals surface area contributed by atoms with E-state index in [9.17, 15) is 0 Å². The molecule has 1 aromatic heterocycles. The topological polar surface area (TPSA) is 25.2 Å². The van der Waals surface area contributed by atoms with E-state index in [4.69, 9.17) is 0 Å². The number of halogens is 1. The highest BCUT2D eigenvalue weighted by atomic mass is 127. The molecule has 16 heavy (non-hydrogen) atoms. The second-order valence-electron chi connectivity index (χ2n) is 3.30. The molecule has 0 N–H and O–H groups in total. The van der Waals surface area contributed by atoms with Crippen molar-refractivity contribution in [3.05, 3.63) is 40.1 Å². The van der Waals surface area contributed by atoms with E-state index in [0.29, 0.717) is 0 Å². The largest absolute Gasteiger partial charge is 0.259 e. The third-order valence-electron chi connectivity index (χ3n) is 2.31. The maximum absolute atomic E-state index is 4.53. The van der Waals surface area contributed by atoms with Gasteiger partial charge in [-0.15, -0.1) is 0 Å². The summed E-state index contributed by atoms with van der Waals surface area (Å²) in [6.07, 6.45) is 3.59. The highest BCUT2D eigenvalue weighted by Gasteiger charge is 2.05. The van der Waals surface area contributed by atoms with Crippen LogP contribution in [-0.4, -0.2) is 11.2 Å². The predicted octanol–water partition coefficient (Wildman–Crippen LogP) is 4.20. The minimum atomic E-state index is 0.897. The Bertz CT molecular complexity index is 573. The van der Waals surface area contributed by atoms with Gasteiger partial charge >= 0.3 is 0 Å². The zero-order valence-corrected chi connectivity index (χ0v) is 11.1. The Hall–Kier alpha value is -1.23. The van der Waals surface area contributed by atoms with Gasteiger partial charge in [0.05, 0.1) is 11.2 Å². The van der Waals surface area contributed by atoms with E-state index in [-0.39, 0.29) is 0 Å². The summed E-state index contributed by atoms with van der Waals surface area (Å²) in [4.78, 5) is 8.91. The van der Waals surface area contributed by atoms with E-state index in [1.807, 2.05) is 31.2 Å². The number of fused-ring (bicyclic) bond motifs is 1. The summed E-state index contributed by atoms with van der Waals surface area (Å²) in [5, 5.41) is 1.10. The molecule has 2 nitrogen and oxygen atoms in total. The normalized spacial score (nSPS) is 11.1. The van der Waals surface area contributed by atoms with E-state index in [1.54, 1.807) is 6.21 Å². The van der Waals surface area contributed by atoms with Crippen molar-refractivity contribution in [1.29, 1.82) is 0 Å². The van der Waals surface area contributed by atoms with Gasteiger partial charge in [0.25, 0.3) is 0 Å². The van der Waals surface area contributed by atoms with Crippen molar-refractivity contribution >= 4 is 51.5 Å². The summed E-state index contributed by atoms with van der Waals surface area (Å²) in [5.41, 5.74) is 2.84. The molecule has 0 radical (unpaired) electrons. The van der Waals surface area contributed by atoms with Crippen LogP contribution in [0.1, 0.15) is 12.5 Å². The number of nitrogens with zero attached hydrogens (tertiary/aromatic N) is 2. The lowest BCUT2D eigenvalue weighted by Gasteiger charge is -2.05. The van der Waals surface area contributed by atoms with Gasteiger partial charge in [-0.2, -0.15) is 0 Å². The van der Waals surface area contributed by atoms with Gasteiger partial charge in [0.2, 0.25) is 0 Å². The molecule has 0 aliphatic heterocycles. The van der Waals surface area contributed by atoms with Crippen LogP contribution in [0.4, 0.5) is 5.69 Å². The molecule has 0 fully saturated rings. The van der Waals surface area contributed by atoms with Crippen molar-refractivity contribution in [3.63, 3.8) is 0 Å². The van der Waals surface area contributed by atoms with Crippen molar-refractivity contribution in [2.24, 2.45) is 4.99 Å². The second-order valence-corrected chi connectivity index (χ2v) is 4.41. The number of aromatic nitrogens is 1. The molecule has 0 amide bonds. The Kier molecular flexibility index (Phi) is 3.33. The van der Waals surface area contributed by atoms with Crippen molar-refractivity contribution in [3.8, 4) is 0 Å². The summed E-state index contributed by atoms with van der Waals surface area (Å²) in [6.45, 7) is 5.70. The van der Waals surface area contributed by atoms with Crippen LogP contribution in [0.25, 0.3) is 17.0 Å². The smallest absolute Gasteiger partial charge is 0.102 e. The average Bonchev–Trinajstić information content (AvgIpc) is 2.30. The fraction of sp³-hybridized carbons (Fsp3) is 0.0769. The van der Waals surface area contributed by atoms with Crippen molar-refractivity contribution in [1.82, 2.24) is 4.98 Å². The Morgan fingerprint density at radius 3 is 2.75 bits per heavy atom. The van der Waals surface area contributed by atoms with Crippen LogP contribution < -0.4 is 0 Å². The minimum absolute atomic E-state index is 0.897. The Labute approximate surface area is 108 Å². The van der Waals surface area contributed by atoms with Crippen LogP contribution in [0.5, 0.6) is 0 Å². The van der Waals surface area contributed by atoms with Gasteiger partial charge in [0, 0.05) is 17.2 Å². The van der Waals surface area contributed by atoms with Crippen LogP contribution >= 0.6 is 22.6 Å². The molecule has 1 aromatic carbocycles. The number of aliphatic imine (C=N–C) groups is 1. The first-order chi connectivity index (χ1) is 7.76. The van der Waals surface area contributed by atoms with E-state index in [1.165, 1.54) is 0 Å². The number of benzene rings is 1. The molecular weight excluding hydrogens is 311 g/mol. The Morgan fingerprint density at radius 1 is 1.31 bits per heavy atom. The molecule has 0 saturated carbocycles. The zero-order chi connectivity index (χ0) is 11.5. The van der Waals surface area contributed by atoms with Crippen molar-refractivity contribution < 1.29 is 0 Å². The molecule has 0 atom stereocenters. The lowest BCUT2D eigenvalue weighted by atomic mass is 10.1. The molecule has 0 aliphatic carbocycles. The molecule has 0 unspecified atom stereocenters. The fourth-order valence-electron chi connectivity index (χ4n) is 1.59. The number of rotatable bonds is 2. The summed E-state index contributed by atoms with van der Waals surface area (Å²) in [5.74, 6) is 0. The molecule has 2 rings (SSSR count). The zero-order valence-electron chi connectivity index (χ0n) is 8.94. The second kappa shape index (κ2) is 4.74. The molecule has 0 saturated heterocycles. The third-order valence-corrected chi connectivity index (χ3v) is 2.91. The number of pyridine rings is 1. The van der Waals surface area contributed by atoms with Crippen LogP contribution in [0.3, 0.4) is 0 Å². The molecule has 0 bridgehead atoms. The Morgan fingerprint density at radius 2 is 2.06 bits per heavy atom. The van der Waals surface area contributed by atoms with Crippen LogP contribution in [-0.2, 0) is 0 Å². The van der Waals surface area contributed by atoms with Gasteiger partial charge in [-0.1, -0.05) is 30.9 Å². The summed E-state index contributed by atoms with van der Waals surface area (Å²) in [6, 6.07) is 8.12. The van der Waals surface area contributed by atoms with Crippen LogP contribution in [0.15, 0.2) is 35.8 Å². The first-order valence-corrected chi connectivity index (χ1v) is 6.04. The van der Waals surface area contributed by atoms with E-state index < -0.39 is 0 Å². The van der Waals surface area contributed by atoms with E-state index >= 15 is 0 Å². The van der Waals surface area contributed by atoms with E-state index in [0.717, 1.165) is 25.9 Å². The molecule has 0 aliphatic rings. The summed E-state index contributed by atoms with van der Waals surface area (Å²) >= 11 is 2.21. The Balaban J connectivity index is 2.86. The van der Waals surface area contributed by atoms with Gasteiger partial charge in [-0.3, -0.25) is 4.99 Å². The standard InChI is InChI=1S/C13H11IN2/c1-3-9-5-6-10-7-8-11(14)16-13(10)12(9)15-4-2/h3-8H,1H2,2H3/b15-4-. The minimum Gasteiger partial charge on any atom is -0.259 e. The van der Waals surface area contributed by atoms with Crippen LogP contribution in [0, 0.1) is 3.70 Å². The lowest BCUT2D eigenvalue weighted by molar-refractivity contribution is 1.33. The first kappa shape index (κ1) is 11.3. The van der Waals surface area contributed by atoms with Crippen LogP contribution in [0.2, 0.25) is 0 Å². The summed E-state index contributed by atoms with van der Waals surface area (Å²) in [7, 11) is 0. The fourth-order valence-corrected chi connectivity index (χ4v) is 2.02. The van der Waals surface area contributed by atoms with Gasteiger partial charge in [-0.05, 0) is 35.6 Å². The maximum atomic E-state index is 4.53. The number of hydrogen-bond acceptors (Lipinski definition) is 2. The van der Waals surface area contributed by atoms with E-state index in [2.05, 4.69) is 45.2 Å². The van der Waals surface area contributed by atoms with Gasteiger partial charge in [-0.25, -0.2) is 4.98 Å². The lowest BCUT2D eigenvalue weighted by Crippen LogP contribution is -1.86. The molecule has 1 heterocycles. The molecular formula is C13H11IN2. The molecule has 3 heteroatoms. The van der Waals surface area contributed by atoms with Gasteiger partial charge in [0.1, 0.15) is 3.70 Å². The third kappa shape index (κ3) is 2.00. The SMILES string of the molecule is C=Cc1ccc2ccc(I)nc2c1/N=C\C. The highest BCUT2D eigenvalue weighted by molar-refractivity contribution is 14.1. The monoisotopic (exact) mass is 322 g/mol. The quantitative estimate of drug-likeness (QED) is 0.462. The van der Waals surface area contributed by atoms with Gasteiger partial charge < -0.3 is 0 Å². The number of hydrogen-bond donors (Lipinski definition) is 0. The van der Waals surface area contributed by atoms with Crippen molar-refractivity contribution in [2.75, 3.05) is 0 Å². The predicted molar refractivity (Wildman–Crippen MR) is 78.4 cm³/mol. The molecule has 0 spiro atoms. The van der Waals surface area contributed by atoms with Gasteiger partial charge in [0.15, 0.2) is 0 Å². The summed E-state index contributed by atoms with van der Waals surface area (Å²) < 4.78 is 0.971. The average molecular weight is 322 g/mol. The highest BCUT2D eigenvalue weighted by Crippen LogP contribution is 2.29. The first-order valence-electron chi connectivity index (χ1n) is 4.96. The molecule has 80 valence electrons. The van der Waals surface area contributed by atoms with Crippen molar-refractivity contribution in [2.45, 2.75) is 6.92 Å². The molecule has 2 aromatic rings. The maximum Gasteiger partial charge on any atom is 0.102 e.